The van der Waals surface area contributed by atoms with Crippen LogP contribution in [0.15, 0.2) is 0 Å². The van der Waals surface area contributed by atoms with Gasteiger partial charge in [0.1, 0.15) is 23.3 Å². The normalized spacial score (nSPS) is 49.2. The average molecular weight is 245 g/mol. The number of aliphatic hydroxyl groups is 3. The van der Waals surface area contributed by atoms with Crippen molar-refractivity contribution in [3.05, 3.63) is 0 Å². The summed E-state index contributed by atoms with van der Waals surface area (Å²) >= 11 is 2.89. The first-order valence-electron chi connectivity index (χ1n) is 3.48. The van der Waals surface area contributed by atoms with Crippen molar-refractivity contribution in [1.82, 2.24) is 0 Å². The van der Waals surface area contributed by atoms with Gasteiger partial charge in [0, 0.05) is 0 Å². The third kappa shape index (κ3) is 1.77. The van der Waals surface area contributed by atoms with Crippen LogP contribution in [0.2, 0.25) is 0 Å². The molecule has 1 unspecified atom stereocenters. The average Bonchev–Trinajstić information content (AvgIpc) is 2.08. The first kappa shape index (κ1) is 10.3. The van der Waals surface area contributed by atoms with Crippen LogP contribution in [0, 0.1) is 0 Å². The van der Waals surface area contributed by atoms with Crippen molar-refractivity contribution in [3.8, 4) is 0 Å². The van der Waals surface area contributed by atoms with Crippen molar-refractivity contribution in [2.75, 3.05) is 6.61 Å². The van der Waals surface area contributed by atoms with Crippen LogP contribution in [0.25, 0.3) is 0 Å². The van der Waals surface area contributed by atoms with Crippen molar-refractivity contribution in [1.29, 1.82) is 0 Å². The predicted octanol–water partition coefficient (Wildman–Crippen LogP) is -0.842. The molecule has 0 aromatic carbocycles. The molecule has 1 aliphatic heterocycles. The van der Waals surface area contributed by atoms with E-state index >= 15 is 0 Å². The van der Waals surface area contributed by atoms with Crippen molar-refractivity contribution in [3.63, 3.8) is 0 Å². The smallest absolute Gasteiger partial charge is 0.157 e. The molecule has 0 aliphatic carbocycles. The maximum Gasteiger partial charge on any atom is 0.157 e. The van der Waals surface area contributed by atoms with E-state index in [1.807, 2.05) is 0 Å². The molecule has 1 heterocycles. The summed E-state index contributed by atoms with van der Waals surface area (Å²) < 4.78 is 17.8. The van der Waals surface area contributed by atoms with Crippen LogP contribution in [0.3, 0.4) is 0 Å². The van der Waals surface area contributed by atoms with Crippen molar-refractivity contribution in [2.45, 2.75) is 29.5 Å². The Balaban J connectivity index is 2.63. The Morgan fingerprint density at radius 2 is 1.92 bits per heavy atom. The highest BCUT2D eigenvalue weighted by Gasteiger charge is 2.43. The number of aliphatic hydroxyl groups excluding tert-OH is 3. The van der Waals surface area contributed by atoms with E-state index in [2.05, 4.69) is 15.9 Å². The topological polar surface area (TPSA) is 69.9 Å². The Bertz CT molecular complexity index is 154. The van der Waals surface area contributed by atoms with Crippen LogP contribution < -0.4 is 0 Å². The highest BCUT2D eigenvalue weighted by atomic mass is 79.9. The molecule has 0 saturated carbocycles. The fourth-order valence-electron chi connectivity index (χ4n) is 1.03. The van der Waals surface area contributed by atoms with Crippen LogP contribution in [0.5, 0.6) is 0 Å². The second-order valence-electron chi connectivity index (χ2n) is 2.63. The molecule has 1 rings (SSSR count). The van der Waals surface area contributed by atoms with Gasteiger partial charge in [0.25, 0.3) is 0 Å². The predicted molar refractivity (Wildman–Crippen MR) is 41.6 cm³/mol. The number of hydrogen-bond acceptors (Lipinski definition) is 4. The molecule has 72 valence electrons. The second kappa shape index (κ2) is 3.97. The van der Waals surface area contributed by atoms with Crippen LogP contribution >= 0.6 is 15.9 Å². The summed E-state index contributed by atoms with van der Waals surface area (Å²) in [7, 11) is 0. The van der Waals surface area contributed by atoms with Crippen molar-refractivity contribution >= 4 is 15.9 Å². The molecule has 0 aromatic heterocycles. The number of hydrogen-bond donors (Lipinski definition) is 3. The minimum absolute atomic E-state index is 0.521. The maximum atomic E-state index is 12.9. The highest BCUT2D eigenvalue weighted by Crippen LogP contribution is 2.26. The largest absolute Gasteiger partial charge is 0.394 e. The van der Waals surface area contributed by atoms with Gasteiger partial charge in [-0.2, -0.15) is 0 Å². The molecule has 0 amide bonds. The lowest BCUT2D eigenvalue weighted by Crippen LogP contribution is -2.54. The Hall–Kier alpha value is 0.250. The molecule has 6 heteroatoms. The minimum Gasteiger partial charge on any atom is -0.394 e. The number of alkyl halides is 2. The molecule has 1 aliphatic rings. The molecule has 3 N–H and O–H groups in total. The Morgan fingerprint density at radius 3 is 2.42 bits per heavy atom. The summed E-state index contributed by atoms with van der Waals surface area (Å²) in [4.78, 5) is 0. The Kier molecular flexibility index (Phi) is 3.42. The highest BCUT2D eigenvalue weighted by molar-refractivity contribution is 9.09. The van der Waals surface area contributed by atoms with E-state index in [1.165, 1.54) is 0 Å². The molecule has 4 nitrogen and oxygen atoms in total. The van der Waals surface area contributed by atoms with Gasteiger partial charge in [0.2, 0.25) is 0 Å². The summed E-state index contributed by atoms with van der Waals surface area (Å²) in [6, 6.07) is 0. The molecule has 0 radical (unpaired) electrons. The summed E-state index contributed by atoms with van der Waals surface area (Å²) in [6.45, 7) is -0.521. The summed E-state index contributed by atoms with van der Waals surface area (Å²) in [5.41, 5.74) is 0. The van der Waals surface area contributed by atoms with Gasteiger partial charge in [-0.3, -0.25) is 0 Å². The zero-order valence-corrected chi connectivity index (χ0v) is 7.69. The van der Waals surface area contributed by atoms with E-state index in [0.717, 1.165) is 0 Å². The monoisotopic (exact) mass is 244 g/mol. The number of halogens is 2. The van der Waals surface area contributed by atoms with E-state index < -0.39 is 36.1 Å². The van der Waals surface area contributed by atoms with E-state index in [4.69, 9.17) is 20.1 Å². The van der Waals surface area contributed by atoms with E-state index in [9.17, 15) is 4.39 Å². The van der Waals surface area contributed by atoms with Crippen LogP contribution in [-0.4, -0.2) is 51.4 Å². The molecule has 0 spiro atoms. The van der Waals surface area contributed by atoms with Gasteiger partial charge < -0.3 is 20.1 Å². The summed E-state index contributed by atoms with van der Waals surface area (Å²) in [6.07, 6.45) is -5.64. The fourth-order valence-corrected chi connectivity index (χ4v) is 1.62. The zero-order chi connectivity index (χ0) is 9.30. The Morgan fingerprint density at radius 1 is 1.33 bits per heavy atom. The van der Waals surface area contributed by atoms with E-state index in [1.54, 1.807) is 0 Å². The molecular formula is C6H10BrFO4. The van der Waals surface area contributed by atoms with Gasteiger partial charge in [0.05, 0.1) is 6.61 Å². The third-order valence-electron chi connectivity index (χ3n) is 1.78. The van der Waals surface area contributed by atoms with Gasteiger partial charge >= 0.3 is 0 Å². The van der Waals surface area contributed by atoms with E-state index in [-0.39, 0.29) is 0 Å². The van der Waals surface area contributed by atoms with Crippen LogP contribution in [-0.2, 0) is 4.74 Å². The van der Waals surface area contributed by atoms with Crippen molar-refractivity contribution < 1.29 is 24.4 Å². The van der Waals surface area contributed by atoms with Gasteiger partial charge in [-0.1, -0.05) is 15.9 Å². The van der Waals surface area contributed by atoms with Gasteiger partial charge in [-0.15, -0.1) is 0 Å². The van der Waals surface area contributed by atoms with Gasteiger partial charge in [0.15, 0.2) is 6.17 Å². The van der Waals surface area contributed by atoms with Crippen LogP contribution in [0.4, 0.5) is 4.39 Å². The van der Waals surface area contributed by atoms with Crippen molar-refractivity contribution in [2.24, 2.45) is 0 Å². The van der Waals surface area contributed by atoms with Gasteiger partial charge in [-0.05, 0) is 0 Å². The maximum absolute atomic E-state index is 12.9. The molecule has 1 fully saturated rings. The molecule has 0 aromatic rings. The zero-order valence-electron chi connectivity index (χ0n) is 6.10. The quantitative estimate of drug-likeness (QED) is 0.527. The SMILES string of the molecule is OC[C@H]1OC(Br)[C@H](O)[C@@H](O)[C@@H]1F. The number of ether oxygens (including phenoxy) is 1. The molecular weight excluding hydrogens is 235 g/mol. The lowest BCUT2D eigenvalue weighted by Gasteiger charge is -2.36. The molecule has 5 atom stereocenters. The third-order valence-corrected chi connectivity index (χ3v) is 2.54. The summed E-state index contributed by atoms with van der Waals surface area (Å²) in [5.74, 6) is 0. The molecule has 1 saturated heterocycles. The van der Waals surface area contributed by atoms with Crippen LogP contribution in [0.1, 0.15) is 0 Å². The minimum atomic E-state index is -1.75. The van der Waals surface area contributed by atoms with Gasteiger partial charge in [-0.25, -0.2) is 4.39 Å². The fraction of sp³-hybridized carbons (Fsp3) is 1.00. The molecule has 12 heavy (non-hydrogen) atoms. The first-order chi connectivity index (χ1) is 5.57. The summed E-state index contributed by atoms with van der Waals surface area (Å²) in [5, 5.41) is 25.9. The standard InChI is InChI=1S/C6H10BrFO4/c7-6-5(11)4(10)3(8)2(1-9)12-6/h2-6,9-11H,1H2/t2-,3-,4+,5-,6?/m1/s1. The molecule has 0 bridgehead atoms. The van der Waals surface area contributed by atoms with E-state index in [0.29, 0.717) is 0 Å². The number of rotatable bonds is 1. The Labute approximate surface area is 77.1 Å². The lowest BCUT2D eigenvalue weighted by molar-refractivity contribution is -0.183. The lowest BCUT2D eigenvalue weighted by atomic mass is 10.0. The second-order valence-corrected chi connectivity index (χ2v) is 3.54. The first-order valence-corrected chi connectivity index (χ1v) is 4.40.